The van der Waals surface area contributed by atoms with Gasteiger partial charge in [0.2, 0.25) is 0 Å². The average Bonchev–Trinajstić information content (AvgIpc) is 3.42. The molecule has 4 heterocycles. The van der Waals surface area contributed by atoms with Crippen molar-refractivity contribution in [2.45, 2.75) is 63.5 Å². The lowest BCUT2D eigenvalue weighted by Gasteiger charge is -2.50. The molecule has 1 spiro atoms. The fourth-order valence-corrected chi connectivity index (χ4v) is 5.76. The van der Waals surface area contributed by atoms with Crippen LogP contribution in [0.2, 0.25) is 0 Å². The van der Waals surface area contributed by atoms with Gasteiger partial charge in [-0.1, -0.05) is 6.42 Å². The number of hydrogen-bond acceptors (Lipinski definition) is 6. The Kier molecular flexibility index (Phi) is 4.37. The Labute approximate surface area is 181 Å². The maximum absolute atomic E-state index is 11.9. The van der Waals surface area contributed by atoms with E-state index in [1.54, 1.807) is 10.9 Å². The van der Waals surface area contributed by atoms with Crippen LogP contribution in [0.4, 0.5) is 5.82 Å². The zero-order valence-electron chi connectivity index (χ0n) is 18.0. The van der Waals surface area contributed by atoms with Gasteiger partial charge in [0.1, 0.15) is 5.82 Å². The predicted molar refractivity (Wildman–Crippen MR) is 117 cm³/mol. The molecule has 0 bridgehead atoms. The molecular weight excluding hydrogens is 392 g/mol. The summed E-state index contributed by atoms with van der Waals surface area (Å²) in [7, 11) is 0. The molecule has 0 aromatic carbocycles. The SMILES string of the molecule is C[C@@H]1COCCN1c1cc(C2(O)CCC3(CCC3)CC2)c2cnn(-c3cc[nH]n3)c2n1. The highest BCUT2D eigenvalue weighted by atomic mass is 16.5. The molecule has 1 saturated heterocycles. The van der Waals surface area contributed by atoms with E-state index in [2.05, 4.69) is 33.2 Å². The number of nitrogens with zero attached hydrogens (tertiary/aromatic N) is 5. The van der Waals surface area contributed by atoms with Gasteiger partial charge in [-0.3, -0.25) is 5.10 Å². The maximum atomic E-state index is 11.9. The first-order valence-electron chi connectivity index (χ1n) is 11.5. The molecule has 0 amide bonds. The second kappa shape index (κ2) is 7.03. The molecule has 6 rings (SSSR count). The van der Waals surface area contributed by atoms with Crippen LogP contribution < -0.4 is 4.90 Å². The lowest BCUT2D eigenvalue weighted by molar-refractivity contribution is -0.0619. The van der Waals surface area contributed by atoms with E-state index in [1.165, 1.54) is 19.3 Å². The zero-order valence-corrected chi connectivity index (χ0v) is 18.0. The molecular formula is C23H30N6O2. The number of pyridine rings is 1. The molecule has 2 N–H and O–H groups in total. The van der Waals surface area contributed by atoms with Crippen molar-refractivity contribution in [1.29, 1.82) is 0 Å². The van der Waals surface area contributed by atoms with E-state index in [0.29, 0.717) is 24.4 Å². The smallest absolute Gasteiger partial charge is 0.177 e. The summed E-state index contributed by atoms with van der Waals surface area (Å²) in [5, 5.41) is 24.6. The van der Waals surface area contributed by atoms with Crippen molar-refractivity contribution >= 4 is 16.9 Å². The third-order valence-electron chi connectivity index (χ3n) is 7.95. The van der Waals surface area contributed by atoms with Gasteiger partial charge in [0.15, 0.2) is 11.5 Å². The van der Waals surface area contributed by atoms with Gasteiger partial charge in [0, 0.05) is 24.2 Å². The summed E-state index contributed by atoms with van der Waals surface area (Å²) in [5.74, 6) is 1.58. The number of anilines is 1. The summed E-state index contributed by atoms with van der Waals surface area (Å²) in [6.07, 6.45) is 11.4. The first-order chi connectivity index (χ1) is 15.1. The molecule has 164 valence electrons. The van der Waals surface area contributed by atoms with Crippen LogP contribution in [0.25, 0.3) is 16.9 Å². The summed E-state index contributed by atoms with van der Waals surface area (Å²) < 4.78 is 7.41. The Morgan fingerprint density at radius 1 is 1.16 bits per heavy atom. The molecule has 1 aliphatic heterocycles. The van der Waals surface area contributed by atoms with Gasteiger partial charge >= 0.3 is 0 Å². The third-order valence-corrected chi connectivity index (χ3v) is 7.95. The molecule has 3 aromatic heterocycles. The Morgan fingerprint density at radius 2 is 2.00 bits per heavy atom. The standard InChI is InChI=1S/C23H30N6O2/c1-16-15-31-12-11-28(16)20-13-18(23(30)8-6-22(7-9-23)4-2-5-22)17-14-25-29(21(17)26-20)19-3-10-24-27-19/h3,10,13-14,16,30H,2,4-9,11-12,15H2,1H3,(H,24,27)/t16-/m1/s1. The van der Waals surface area contributed by atoms with E-state index in [-0.39, 0.29) is 6.04 Å². The molecule has 31 heavy (non-hydrogen) atoms. The van der Waals surface area contributed by atoms with Crippen molar-refractivity contribution in [2.75, 3.05) is 24.7 Å². The van der Waals surface area contributed by atoms with E-state index in [4.69, 9.17) is 9.72 Å². The molecule has 8 heteroatoms. The van der Waals surface area contributed by atoms with Crippen molar-refractivity contribution in [3.63, 3.8) is 0 Å². The summed E-state index contributed by atoms with van der Waals surface area (Å²) in [6, 6.07) is 4.22. The average molecular weight is 423 g/mol. The third kappa shape index (κ3) is 3.07. The largest absolute Gasteiger partial charge is 0.385 e. The minimum absolute atomic E-state index is 0.229. The van der Waals surface area contributed by atoms with Crippen LogP contribution in [-0.2, 0) is 10.3 Å². The minimum Gasteiger partial charge on any atom is -0.385 e. The molecule has 2 aliphatic carbocycles. The van der Waals surface area contributed by atoms with Crippen LogP contribution in [0.3, 0.4) is 0 Å². The molecule has 3 aromatic rings. The summed E-state index contributed by atoms with van der Waals surface area (Å²) >= 11 is 0. The van der Waals surface area contributed by atoms with Crippen molar-refractivity contribution in [2.24, 2.45) is 5.41 Å². The van der Waals surface area contributed by atoms with Crippen LogP contribution >= 0.6 is 0 Å². The van der Waals surface area contributed by atoms with Crippen LogP contribution in [0.1, 0.15) is 57.4 Å². The zero-order chi connectivity index (χ0) is 21.1. The normalized spacial score (nSPS) is 25.1. The van der Waals surface area contributed by atoms with Gasteiger partial charge in [-0.15, -0.1) is 0 Å². The predicted octanol–water partition coefficient (Wildman–Crippen LogP) is 3.30. The van der Waals surface area contributed by atoms with E-state index in [0.717, 1.165) is 54.6 Å². The van der Waals surface area contributed by atoms with Gasteiger partial charge in [-0.25, -0.2) is 4.98 Å². The highest BCUT2D eigenvalue weighted by molar-refractivity contribution is 5.83. The van der Waals surface area contributed by atoms with E-state index < -0.39 is 5.60 Å². The molecule has 3 fully saturated rings. The number of aliphatic hydroxyl groups is 1. The number of hydrogen-bond donors (Lipinski definition) is 2. The summed E-state index contributed by atoms with van der Waals surface area (Å²) in [6.45, 7) is 4.31. The second-order valence-electron chi connectivity index (χ2n) is 9.76. The fraction of sp³-hybridized carbons (Fsp3) is 0.609. The van der Waals surface area contributed by atoms with Crippen molar-refractivity contribution in [3.8, 4) is 5.82 Å². The lowest BCUT2D eigenvalue weighted by Crippen LogP contribution is -2.44. The van der Waals surface area contributed by atoms with Gasteiger partial charge < -0.3 is 14.7 Å². The van der Waals surface area contributed by atoms with Crippen LogP contribution in [-0.4, -0.2) is 55.9 Å². The summed E-state index contributed by atoms with van der Waals surface area (Å²) in [4.78, 5) is 7.30. The number of aromatic amines is 1. The van der Waals surface area contributed by atoms with Crippen molar-refractivity contribution in [1.82, 2.24) is 25.0 Å². The minimum atomic E-state index is -0.842. The van der Waals surface area contributed by atoms with Crippen LogP contribution in [0, 0.1) is 5.41 Å². The Hall–Kier alpha value is -2.45. The fourth-order valence-electron chi connectivity index (χ4n) is 5.76. The highest BCUT2D eigenvalue weighted by Crippen LogP contribution is 2.56. The van der Waals surface area contributed by atoms with E-state index >= 15 is 0 Å². The molecule has 8 nitrogen and oxygen atoms in total. The number of ether oxygens (including phenoxy) is 1. The van der Waals surface area contributed by atoms with Crippen molar-refractivity contribution in [3.05, 3.63) is 30.1 Å². The number of H-pyrrole nitrogens is 1. The molecule has 0 radical (unpaired) electrons. The van der Waals surface area contributed by atoms with Gasteiger partial charge in [-0.2, -0.15) is 14.9 Å². The topological polar surface area (TPSA) is 92.1 Å². The Balaban J connectivity index is 1.48. The quantitative estimate of drug-likeness (QED) is 0.673. The maximum Gasteiger partial charge on any atom is 0.177 e. The monoisotopic (exact) mass is 422 g/mol. The summed E-state index contributed by atoms with van der Waals surface area (Å²) in [5.41, 5.74) is 1.35. The molecule has 3 aliphatic rings. The van der Waals surface area contributed by atoms with Crippen molar-refractivity contribution < 1.29 is 9.84 Å². The number of rotatable bonds is 3. The number of morpholine rings is 1. The lowest BCUT2D eigenvalue weighted by atomic mass is 9.57. The first kappa shape index (κ1) is 19.3. The Bertz CT molecular complexity index is 1080. The van der Waals surface area contributed by atoms with Gasteiger partial charge in [0.25, 0.3) is 0 Å². The molecule has 1 atom stereocenters. The van der Waals surface area contributed by atoms with Gasteiger partial charge in [-0.05, 0) is 62.5 Å². The second-order valence-corrected chi connectivity index (χ2v) is 9.76. The molecule has 2 saturated carbocycles. The van der Waals surface area contributed by atoms with Crippen LogP contribution in [0.5, 0.6) is 0 Å². The number of aromatic nitrogens is 5. The van der Waals surface area contributed by atoms with E-state index in [1.807, 2.05) is 12.3 Å². The first-order valence-corrected chi connectivity index (χ1v) is 11.5. The van der Waals surface area contributed by atoms with Crippen LogP contribution in [0.15, 0.2) is 24.5 Å². The number of nitrogens with one attached hydrogen (secondary N) is 1. The van der Waals surface area contributed by atoms with E-state index in [9.17, 15) is 5.11 Å². The number of fused-ring (bicyclic) bond motifs is 1. The Morgan fingerprint density at radius 3 is 2.68 bits per heavy atom. The van der Waals surface area contributed by atoms with Gasteiger partial charge in [0.05, 0.1) is 31.1 Å². The highest BCUT2D eigenvalue weighted by Gasteiger charge is 2.46. The molecule has 0 unspecified atom stereocenters.